The predicted molar refractivity (Wildman–Crippen MR) is 115 cm³/mol. The number of halogens is 2. The molecule has 162 valence electrons. The molecule has 2 aromatic carbocycles. The summed E-state index contributed by atoms with van der Waals surface area (Å²) in [4.78, 5) is 23.8. The third kappa shape index (κ3) is 7.65. The highest BCUT2D eigenvalue weighted by molar-refractivity contribution is 6.35. The maximum Gasteiger partial charge on any atom is 0.238 e. The number of carbonyl (C=O) groups excluding carboxylic acids is 2. The molecule has 0 atom stereocenters. The highest BCUT2D eigenvalue weighted by atomic mass is 35.5. The van der Waals surface area contributed by atoms with Gasteiger partial charge in [0.1, 0.15) is 5.75 Å². The minimum atomic E-state index is -0.305. The van der Waals surface area contributed by atoms with Crippen molar-refractivity contribution < 1.29 is 23.8 Å². The maximum atomic E-state index is 11.9. The first kappa shape index (κ1) is 23.6. The van der Waals surface area contributed by atoms with Crippen LogP contribution in [-0.2, 0) is 16.0 Å². The van der Waals surface area contributed by atoms with Gasteiger partial charge in [-0.25, -0.2) is 0 Å². The van der Waals surface area contributed by atoms with Gasteiger partial charge in [-0.05, 0) is 48.7 Å². The van der Waals surface area contributed by atoms with Crippen molar-refractivity contribution in [3.63, 3.8) is 0 Å². The van der Waals surface area contributed by atoms with Gasteiger partial charge in [-0.2, -0.15) is 0 Å². The summed E-state index contributed by atoms with van der Waals surface area (Å²) < 4.78 is 15.9. The maximum absolute atomic E-state index is 11.9. The number of rotatable bonds is 10. The second-order valence-electron chi connectivity index (χ2n) is 6.31. The van der Waals surface area contributed by atoms with Crippen molar-refractivity contribution >= 4 is 35.0 Å². The molecule has 7 nitrogen and oxygen atoms in total. The minimum Gasteiger partial charge on any atom is -0.493 e. The molecule has 2 amide bonds. The normalized spacial score (nSPS) is 10.3. The number of ether oxygens (including phenoxy) is 3. The number of hydrogen-bond acceptors (Lipinski definition) is 5. The third-order valence-corrected chi connectivity index (χ3v) is 4.66. The van der Waals surface area contributed by atoms with E-state index in [9.17, 15) is 9.59 Å². The number of aryl methyl sites for hydroxylation is 1. The largest absolute Gasteiger partial charge is 0.493 e. The topological polar surface area (TPSA) is 85.9 Å². The highest BCUT2D eigenvalue weighted by Gasteiger charge is 2.09. The van der Waals surface area contributed by atoms with E-state index in [2.05, 4.69) is 10.9 Å². The fraction of sp³-hybridized carbons (Fsp3) is 0.333. The van der Waals surface area contributed by atoms with Crippen molar-refractivity contribution in [2.75, 3.05) is 20.8 Å². The fourth-order valence-corrected chi connectivity index (χ4v) is 3.03. The Hall–Kier alpha value is -2.64. The lowest BCUT2D eigenvalue weighted by molar-refractivity contribution is -0.129. The van der Waals surface area contributed by atoms with Crippen molar-refractivity contribution in [1.29, 1.82) is 0 Å². The van der Waals surface area contributed by atoms with Crippen LogP contribution in [0.4, 0.5) is 0 Å². The average Bonchev–Trinajstić information content (AvgIpc) is 2.74. The Morgan fingerprint density at radius 3 is 2.20 bits per heavy atom. The molecule has 0 fully saturated rings. The Balaban J connectivity index is 1.64. The van der Waals surface area contributed by atoms with Gasteiger partial charge >= 0.3 is 0 Å². The van der Waals surface area contributed by atoms with Gasteiger partial charge in [-0.15, -0.1) is 0 Å². The molecule has 0 aliphatic rings. The molecule has 2 N–H and O–H groups in total. The molecule has 2 rings (SSSR count). The highest BCUT2D eigenvalue weighted by Crippen LogP contribution is 2.28. The summed E-state index contributed by atoms with van der Waals surface area (Å²) >= 11 is 11.8. The first-order valence-electron chi connectivity index (χ1n) is 9.29. The second-order valence-corrected chi connectivity index (χ2v) is 7.16. The predicted octanol–water partition coefficient (Wildman–Crippen LogP) is 3.95. The Morgan fingerprint density at radius 1 is 0.867 bits per heavy atom. The van der Waals surface area contributed by atoms with Crippen LogP contribution in [0.5, 0.6) is 17.2 Å². The molecule has 0 aromatic heterocycles. The fourth-order valence-electron chi connectivity index (χ4n) is 2.57. The summed E-state index contributed by atoms with van der Waals surface area (Å²) in [6, 6.07) is 10.4. The zero-order valence-corrected chi connectivity index (χ0v) is 18.3. The Morgan fingerprint density at radius 2 is 1.53 bits per heavy atom. The lowest BCUT2D eigenvalue weighted by Crippen LogP contribution is -2.41. The molecule has 2 aromatic rings. The Kier molecular flexibility index (Phi) is 9.57. The lowest BCUT2D eigenvalue weighted by atomic mass is 10.1. The summed E-state index contributed by atoms with van der Waals surface area (Å²) in [5.74, 6) is 1.14. The molecule has 30 heavy (non-hydrogen) atoms. The van der Waals surface area contributed by atoms with Crippen LogP contribution in [0, 0.1) is 0 Å². The molecule has 9 heteroatoms. The van der Waals surface area contributed by atoms with E-state index >= 15 is 0 Å². The van der Waals surface area contributed by atoms with E-state index in [1.165, 1.54) is 0 Å². The van der Waals surface area contributed by atoms with E-state index in [4.69, 9.17) is 37.4 Å². The summed E-state index contributed by atoms with van der Waals surface area (Å²) in [5, 5.41) is 0.933. The summed E-state index contributed by atoms with van der Waals surface area (Å²) in [7, 11) is 3.12. The van der Waals surface area contributed by atoms with Crippen molar-refractivity contribution in [2.24, 2.45) is 0 Å². The average molecular weight is 455 g/mol. The van der Waals surface area contributed by atoms with E-state index in [1.54, 1.807) is 38.5 Å². The monoisotopic (exact) mass is 454 g/mol. The van der Waals surface area contributed by atoms with Crippen LogP contribution >= 0.6 is 23.2 Å². The second kappa shape index (κ2) is 12.1. The lowest BCUT2D eigenvalue weighted by Gasteiger charge is -2.10. The summed E-state index contributed by atoms with van der Waals surface area (Å²) in [5.41, 5.74) is 5.72. The van der Waals surface area contributed by atoms with Gasteiger partial charge in [-0.3, -0.25) is 20.4 Å². The summed E-state index contributed by atoms with van der Waals surface area (Å²) in [6.45, 7) is 0.308. The first-order chi connectivity index (χ1) is 14.4. The van der Waals surface area contributed by atoms with E-state index in [0.717, 1.165) is 5.56 Å². The van der Waals surface area contributed by atoms with E-state index in [-0.39, 0.29) is 24.7 Å². The number of hydrogen-bond donors (Lipinski definition) is 2. The van der Waals surface area contributed by atoms with E-state index in [0.29, 0.717) is 46.7 Å². The molecule has 0 spiro atoms. The molecular weight excluding hydrogens is 431 g/mol. The number of hydrazine groups is 1. The molecular formula is C21H24Cl2N2O5. The van der Waals surface area contributed by atoms with Crippen LogP contribution in [0.1, 0.15) is 24.8 Å². The minimum absolute atomic E-state index is 0.196. The molecule has 0 saturated heterocycles. The number of methoxy groups -OCH3 is 2. The number of carbonyl (C=O) groups is 2. The number of nitrogens with one attached hydrogen (secondary N) is 2. The molecule has 0 unspecified atom stereocenters. The standard InChI is InChI=1S/C21H24Cl2N2O5/c1-28-18-8-5-14(12-19(18)29-2)6-10-21(27)25-24-20(26)4-3-11-30-17-9-7-15(22)13-16(17)23/h5,7-9,12-13H,3-4,6,10-11H2,1-2H3,(H,24,26)(H,25,27). The first-order valence-corrected chi connectivity index (χ1v) is 10.0. The SMILES string of the molecule is COc1ccc(CCC(=O)NNC(=O)CCCOc2ccc(Cl)cc2Cl)cc1OC. The van der Waals surface area contributed by atoms with Crippen molar-refractivity contribution in [1.82, 2.24) is 10.9 Å². The van der Waals surface area contributed by atoms with Gasteiger partial charge in [0, 0.05) is 17.9 Å². The van der Waals surface area contributed by atoms with Gasteiger partial charge in [0.25, 0.3) is 0 Å². The number of amides is 2. The van der Waals surface area contributed by atoms with Crippen LogP contribution in [0.2, 0.25) is 10.0 Å². The third-order valence-electron chi connectivity index (χ3n) is 4.13. The van der Waals surface area contributed by atoms with Crippen molar-refractivity contribution in [3.05, 3.63) is 52.0 Å². The van der Waals surface area contributed by atoms with Crippen LogP contribution in [0.25, 0.3) is 0 Å². The van der Waals surface area contributed by atoms with Crippen molar-refractivity contribution in [2.45, 2.75) is 25.7 Å². The van der Waals surface area contributed by atoms with Crippen LogP contribution in [0.3, 0.4) is 0 Å². The van der Waals surface area contributed by atoms with E-state index in [1.807, 2.05) is 12.1 Å². The van der Waals surface area contributed by atoms with Crippen LogP contribution in [-0.4, -0.2) is 32.6 Å². The van der Waals surface area contributed by atoms with Gasteiger partial charge in [0.05, 0.1) is 25.8 Å². The quantitative estimate of drug-likeness (QED) is 0.419. The number of benzene rings is 2. The Labute approximate surface area is 185 Å². The summed E-state index contributed by atoms with van der Waals surface area (Å²) in [6.07, 6.45) is 1.37. The molecule has 0 saturated carbocycles. The molecule has 0 radical (unpaired) electrons. The smallest absolute Gasteiger partial charge is 0.238 e. The van der Waals surface area contributed by atoms with Crippen LogP contribution in [0.15, 0.2) is 36.4 Å². The molecule has 0 aliphatic heterocycles. The van der Waals surface area contributed by atoms with Crippen molar-refractivity contribution in [3.8, 4) is 17.2 Å². The van der Waals surface area contributed by atoms with Gasteiger partial charge < -0.3 is 14.2 Å². The molecule has 0 bridgehead atoms. The zero-order chi connectivity index (χ0) is 21.9. The molecule has 0 heterocycles. The van der Waals surface area contributed by atoms with E-state index < -0.39 is 0 Å². The molecule has 0 aliphatic carbocycles. The Bertz CT molecular complexity index is 876. The van der Waals surface area contributed by atoms with Crippen LogP contribution < -0.4 is 25.1 Å². The van der Waals surface area contributed by atoms with Gasteiger partial charge in [0.2, 0.25) is 11.8 Å². The van der Waals surface area contributed by atoms with Gasteiger partial charge in [-0.1, -0.05) is 29.3 Å². The zero-order valence-electron chi connectivity index (χ0n) is 16.8. The van der Waals surface area contributed by atoms with Gasteiger partial charge in [0.15, 0.2) is 11.5 Å².